The van der Waals surface area contributed by atoms with Crippen molar-refractivity contribution in [3.05, 3.63) is 93.8 Å². The second kappa shape index (κ2) is 9.99. The first kappa shape index (κ1) is 23.8. The Morgan fingerprint density at radius 3 is 2.58 bits per heavy atom. The Morgan fingerprint density at radius 2 is 1.78 bits per heavy atom. The standard InChI is InChI=1S/C28H26N4O3S/c1-17-11-12-18(2)24(15-17)32-27(35)21-8-4-6-10-23(21)31-28(32)36-16-25(33)30-22-9-5-3-7-20(22)26(34)29-19-13-14-19/h3-12,15,19H,13-14,16H2,1-2H3,(H,29,34)(H,30,33). The van der Waals surface area contributed by atoms with Crippen LogP contribution in [-0.4, -0.2) is 33.2 Å². The van der Waals surface area contributed by atoms with Crippen molar-refractivity contribution in [3.8, 4) is 5.69 Å². The summed E-state index contributed by atoms with van der Waals surface area (Å²) in [6.45, 7) is 3.92. The summed E-state index contributed by atoms with van der Waals surface area (Å²) >= 11 is 1.19. The summed E-state index contributed by atoms with van der Waals surface area (Å²) in [5.41, 5.74) is 3.97. The van der Waals surface area contributed by atoms with Crippen LogP contribution in [0, 0.1) is 13.8 Å². The zero-order valence-corrected chi connectivity index (χ0v) is 20.9. The molecule has 1 fully saturated rings. The number of hydrogen-bond donors (Lipinski definition) is 2. The average molecular weight is 499 g/mol. The highest BCUT2D eigenvalue weighted by molar-refractivity contribution is 7.99. The van der Waals surface area contributed by atoms with Gasteiger partial charge in [0.1, 0.15) is 0 Å². The fourth-order valence-corrected chi connectivity index (χ4v) is 4.78. The van der Waals surface area contributed by atoms with Gasteiger partial charge in [0.05, 0.1) is 33.6 Å². The van der Waals surface area contributed by atoms with Crippen LogP contribution in [0.1, 0.15) is 34.3 Å². The largest absolute Gasteiger partial charge is 0.349 e. The predicted molar refractivity (Wildman–Crippen MR) is 143 cm³/mol. The van der Waals surface area contributed by atoms with Crippen molar-refractivity contribution < 1.29 is 9.59 Å². The van der Waals surface area contributed by atoms with E-state index in [4.69, 9.17) is 4.98 Å². The van der Waals surface area contributed by atoms with Crippen LogP contribution in [0.3, 0.4) is 0 Å². The number of aryl methyl sites for hydroxylation is 2. The fraction of sp³-hybridized carbons (Fsp3) is 0.214. The van der Waals surface area contributed by atoms with Crippen molar-refractivity contribution in [2.75, 3.05) is 11.1 Å². The van der Waals surface area contributed by atoms with Crippen molar-refractivity contribution in [1.29, 1.82) is 0 Å². The van der Waals surface area contributed by atoms with E-state index in [1.54, 1.807) is 41.0 Å². The van der Waals surface area contributed by atoms with Crippen LogP contribution in [0.25, 0.3) is 16.6 Å². The zero-order chi connectivity index (χ0) is 25.2. The first-order valence-corrected chi connectivity index (χ1v) is 12.8. The van der Waals surface area contributed by atoms with Gasteiger partial charge in [0.2, 0.25) is 5.91 Å². The number of carbonyl (C=O) groups is 2. The van der Waals surface area contributed by atoms with E-state index in [1.807, 2.05) is 44.2 Å². The first-order chi connectivity index (χ1) is 17.4. The molecular weight excluding hydrogens is 472 g/mol. The molecule has 0 radical (unpaired) electrons. The number of aromatic nitrogens is 2. The lowest BCUT2D eigenvalue weighted by molar-refractivity contribution is -0.113. The molecule has 4 aromatic rings. The van der Waals surface area contributed by atoms with E-state index in [1.165, 1.54) is 11.8 Å². The van der Waals surface area contributed by atoms with Gasteiger partial charge in [-0.05, 0) is 68.1 Å². The first-order valence-electron chi connectivity index (χ1n) is 11.8. The van der Waals surface area contributed by atoms with Gasteiger partial charge in [-0.2, -0.15) is 0 Å². The zero-order valence-electron chi connectivity index (χ0n) is 20.1. The SMILES string of the molecule is Cc1ccc(C)c(-n2c(SCC(=O)Nc3ccccc3C(=O)NC3CC3)nc3ccccc3c2=O)c1. The van der Waals surface area contributed by atoms with E-state index in [9.17, 15) is 14.4 Å². The number of para-hydroxylation sites is 2. The van der Waals surface area contributed by atoms with Crippen LogP contribution in [-0.2, 0) is 4.79 Å². The van der Waals surface area contributed by atoms with E-state index < -0.39 is 0 Å². The second-order valence-corrected chi connectivity index (χ2v) is 9.91. The monoisotopic (exact) mass is 498 g/mol. The van der Waals surface area contributed by atoms with Gasteiger partial charge >= 0.3 is 0 Å². The van der Waals surface area contributed by atoms with E-state index in [0.29, 0.717) is 27.3 Å². The van der Waals surface area contributed by atoms with E-state index in [2.05, 4.69) is 10.6 Å². The smallest absolute Gasteiger partial charge is 0.266 e. The lowest BCUT2D eigenvalue weighted by Gasteiger charge is -2.16. The lowest BCUT2D eigenvalue weighted by Crippen LogP contribution is -2.27. The number of fused-ring (bicyclic) bond motifs is 1. The molecule has 1 heterocycles. The molecule has 1 aliphatic carbocycles. The molecule has 2 amide bonds. The van der Waals surface area contributed by atoms with Crippen LogP contribution in [0.2, 0.25) is 0 Å². The van der Waals surface area contributed by atoms with E-state index in [0.717, 1.165) is 29.7 Å². The molecule has 8 heteroatoms. The van der Waals surface area contributed by atoms with Crippen molar-refractivity contribution in [1.82, 2.24) is 14.9 Å². The minimum Gasteiger partial charge on any atom is -0.349 e. The van der Waals surface area contributed by atoms with Gasteiger partial charge in [0.15, 0.2) is 5.16 Å². The molecular formula is C28H26N4O3S. The fourth-order valence-electron chi connectivity index (χ4n) is 3.98. The molecule has 2 N–H and O–H groups in total. The number of anilines is 1. The number of amides is 2. The van der Waals surface area contributed by atoms with Crippen molar-refractivity contribution in [2.45, 2.75) is 37.9 Å². The Morgan fingerprint density at radius 1 is 1.03 bits per heavy atom. The summed E-state index contributed by atoms with van der Waals surface area (Å²) in [5, 5.41) is 6.76. The molecule has 7 nitrogen and oxygen atoms in total. The molecule has 0 aliphatic heterocycles. The Balaban J connectivity index is 1.43. The minimum absolute atomic E-state index is 0.0220. The Hall–Kier alpha value is -3.91. The number of rotatable bonds is 7. The predicted octanol–water partition coefficient (Wildman–Crippen LogP) is 4.63. The number of thioether (sulfide) groups is 1. The minimum atomic E-state index is -0.290. The van der Waals surface area contributed by atoms with Gasteiger partial charge in [-0.3, -0.25) is 19.0 Å². The number of nitrogens with one attached hydrogen (secondary N) is 2. The van der Waals surface area contributed by atoms with E-state index in [-0.39, 0.29) is 29.2 Å². The van der Waals surface area contributed by atoms with Crippen LogP contribution in [0.5, 0.6) is 0 Å². The molecule has 0 atom stereocenters. The lowest BCUT2D eigenvalue weighted by atomic mass is 10.1. The molecule has 3 aromatic carbocycles. The molecule has 36 heavy (non-hydrogen) atoms. The third-order valence-electron chi connectivity index (χ3n) is 6.04. The quantitative estimate of drug-likeness (QED) is 0.286. The van der Waals surface area contributed by atoms with Crippen LogP contribution < -0.4 is 16.2 Å². The molecule has 0 unspecified atom stereocenters. The maximum absolute atomic E-state index is 13.5. The second-order valence-electron chi connectivity index (χ2n) is 8.97. The molecule has 1 saturated carbocycles. The van der Waals surface area contributed by atoms with Gasteiger partial charge in [-0.25, -0.2) is 4.98 Å². The molecule has 182 valence electrons. The van der Waals surface area contributed by atoms with E-state index >= 15 is 0 Å². The Labute approximate surface area is 212 Å². The Kier molecular flexibility index (Phi) is 6.61. The average Bonchev–Trinajstić information content (AvgIpc) is 3.69. The van der Waals surface area contributed by atoms with Crippen LogP contribution in [0.15, 0.2) is 76.7 Å². The Bertz CT molecular complexity index is 1540. The molecule has 0 spiro atoms. The van der Waals surface area contributed by atoms with Gasteiger partial charge < -0.3 is 10.6 Å². The third-order valence-corrected chi connectivity index (χ3v) is 6.98. The van der Waals surface area contributed by atoms with Crippen LogP contribution in [0.4, 0.5) is 5.69 Å². The highest BCUT2D eigenvalue weighted by atomic mass is 32.2. The van der Waals surface area contributed by atoms with Gasteiger partial charge in [-0.1, -0.05) is 48.2 Å². The summed E-state index contributed by atoms with van der Waals surface area (Å²) in [4.78, 5) is 43.8. The van der Waals surface area contributed by atoms with Crippen LogP contribution >= 0.6 is 11.8 Å². The number of carbonyl (C=O) groups excluding carboxylic acids is 2. The number of nitrogens with zero attached hydrogens (tertiary/aromatic N) is 2. The highest BCUT2D eigenvalue weighted by Crippen LogP contribution is 2.25. The van der Waals surface area contributed by atoms with Gasteiger partial charge in [0.25, 0.3) is 11.5 Å². The number of hydrogen-bond acceptors (Lipinski definition) is 5. The van der Waals surface area contributed by atoms with Crippen molar-refractivity contribution >= 4 is 40.2 Å². The van der Waals surface area contributed by atoms with Crippen molar-refractivity contribution in [2.24, 2.45) is 0 Å². The van der Waals surface area contributed by atoms with Crippen molar-refractivity contribution in [3.63, 3.8) is 0 Å². The molecule has 5 rings (SSSR count). The maximum Gasteiger partial charge on any atom is 0.266 e. The number of benzene rings is 3. The van der Waals surface area contributed by atoms with Gasteiger partial charge in [-0.15, -0.1) is 0 Å². The summed E-state index contributed by atoms with van der Waals surface area (Å²) in [6.07, 6.45) is 1.97. The summed E-state index contributed by atoms with van der Waals surface area (Å²) in [6, 6.07) is 20.3. The summed E-state index contributed by atoms with van der Waals surface area (Å²) in [7, 11) is 0. The third kappa shape index (κ3) is 5.04. The topological polar surface area (TPSA) is 93.1 Å². The molecule has 1 aliphatic rings. The molecule has 1 aromatic heterocycles. The molecule has 0 saturated heterocycles. The maximum atomic E-state index is 13.5. The van der Waals surface area contributed by atoms with Gasteiger partial charge in [0, 0.05) is 6.04 Å². The molecule has 0 bridgehead atoms. The summed E-state index contributed by atoms with van der Waals surface area (Å²) in [5.74, 6) is -0.462. The highest BCUT2D eigenvalue weighted by Gasteiger charge is 2.25. The normalized spacial score (nSPS) is 12.9. The summed E-state index contributed by atoms with van der Waals surface area (Å²) < 4.78 is 1.58.